The summed E-state index contributed by atoms with van der Waals surface area (Å²) in [5, 5.41) is 3.33. The SMILES string of the molecule is C=C1N=C(c2ccc(OCC)c(C)c2)C=C(c2ccccc2CCC)N1. The van der Waals surface area contributed by atoms with Crippen LogP contribution >= 0.6 is 0 Å². The third-order valence-corrected chi connectivity index (χ3v) is 4.41. The van der Waals surface area contributed by atoms with Gasteiger partial charge in [-0.3, -0.25) is 0 Å². The average molecular weight is 346 g/mol. The summed E-state index contributed by atoms with van der Waals surface area (Å²) in [5.41, 5.74) is 6.70. The first kappa shape index (κ1) is 18.0. The molecule has 2 aromatic rings. The Morgan fingerprint density at radius 1 is 1.12 bits per heavy atom. The highest BCUT2D eigenvalue weighted by atomic mass is 16.5. The Balaban J connectivity index is 1.99. The van der Waals surface area contributed by atoms with Crippen LogP contribution in [-0.4, -0.2) is 12.3 Å². The minimum Gasteiger partial charge on any atom is -0.494 e. The molecule has 0 atom stereocenters. The number of hydrogen-bond donors (Lipinski definition) is 1. The van der Waals surface area contributed by atoms with Gasteiger partial charge in [0, 0.05) is 16.8 Å². The Kier molecular flexibility index (Phi) is 5.57. The number of aliphatic imine (C=N–C) groups is 1. The molecule has 0 aromatic heterocycles. The van der Waals surface area contributed by atoms with E-state index in [2.05, 4.69) is 73.2 Å². The van der Waals surface area contributed by atoms with Crippen LogP contribution in [0.15, 0.2) is 65.9 Å². The molecular weight excluding hydrogens is 320 g/mol. The molecular formula is C23H26N2O. The molecule has 3 rings (SSSR count). The van der Waals surface area contributed by atoms with Gasteiger partial charge in [0.2, 0.25) is 0 Å². The lowest BCUT2D eigenvalue weighted by Crippen LogP contribution is -2.19. The van der Waals surface area contributed by atoms with Crippen LogP contribution in [-0.2, 0) is 6.42 Å². The number of nitrogens with one attached hydrogen (secondary N) is 1. The minimum atomic E-state index is 0.662. The molecule has 0 saturated heterocycles. The number of rotatable bonds is 6. The second-order valence-electron chi connectivity index (χ2n) is 6.45. The summed E-state index contributed by atoms with van der Waals surface area (Å²) in [5.74, 6) is 1.58. The maximum absolute atomic E-state index is 5.65. The van der Waals surface area contributed by atoms with Gasteiger partial charge in [0.25, 0.3) is 0 Å². The molecule has 0 amide bonds. The lowest BCUT2D eigenvalue weighted by molar-refractivity contribution is 0.338. The van der Waals surface area contributed by atoms with Crippen LogP contribution in [0.4, 0.5) is 0 Å². The van der Waals surface area contributed by atoms with Crippen molar-refractivity contribution in [1.82, 2.24) is 5.32 Å². The maximum Gasteiger partial charge on any atom is 0.123 e. The highest BCUT2D eigenvalue weighted by Gasteiger charge is 2.15. The van der Waals surface area contributed by atoms with Gasteiger partial charge >= 0.3 is 0 Å². The van der Waals surface area contributed by atoms with Gasteiger partial charge in [-0.2, -0.15) is 0 Å². The quantitative estimate of drug-likeness (QED) is 0.775. The fourth-order valence-electron chi connectivity index (χ4n) is 3.22. The van der Waals surface area contributed by atoms with Crippen molar-refractivity contribution in [3.05, 3.63) is 83.2 Å². The second-order valence-corrected chi connectivity index (χ2v) is 6.45. The van der Waals surface area contributed by atoms with E-state index in [9.17, 15) is 0 Å². The van der Waals surface area contributed by atoms with Gasteiger partial charge < -0.3 is 10.1 Å². The van der Waals surface area contributed by atoms with Crippen molar-refractivity contribution in [2.75, 3.05) is 6.61 Å². The predicted octanol–water partition coefficient (Wildman–Crippen LogP) is 5.25. The Morgan fingerprint density at radius 3 is 2.65 bits per heavy atom. The summed E-state index contributed by atoms with van der Waals surface area (Å²) in [6.07, 6.45) is 4.28. The highest BCUT2D eigenvalue weighted by Crippen LogP contribution is 2.25. The van der Waals surface area contributed by atoms with Crippen LogP contribution in [0.2, 0.25) is 0 Å². The summed E-state index contributed by atoms with van der Waals surface area (Å²) < 4.78 is 5.65. The molecule has 0 fully saturated rings. The smallest absolute Gasteiger partial charge is 0.123 e. The third-order valence-electron chi connectivity index (χ3n) is 4.41. The molecule has 0 spiro atoms. The van der Waals surface area contributed by atoms with Crippen molar-refractivity contribution in [1.29, 1.82) is 0 Å². The first-order valence-corrected chi connectivity index (χ1v) is 9.20. The molecule has 1 aliphatic rings. The molecule has 1 heterocycles. The van der Waals surface area contributed by atoms with E-state index in [1.54, 1.807) is 0 Å². The van der Waals surface area contributed by atoms with Crippen LogP contribution in [0.3, 0.4) is 0 Å². The first-order chi connectivity index (χ1) is 12.6. The minimum absolute atomic E-state index is 0.662. The zero-order chi connectivity index (χ0) is 18.5. The Bertz CT molecular complexity index is 878. The van der Waals surface area contributed by atoms with Crippen LogP contribution in [0.5, 0.6) is 5.75 Å². The lowest BCUT2D eigenvalue weighted by atomic mass is 9.97. The summed E-state index contributed by atoms with van der Waals surface area (Å²) in [4.78, 5) is 4.61. The first-order valence-electron chi connectivity index (χ1n) is 9.20. The largest absolute Gasteiger partial charge is 0.494 e. The summed E-state index contributed by atoms with van der Waals surface area (Å²) in [6.45, 7) is 11.0. The molecule has 0 unspecified atom stereocenters. The summed E-state index contributed by atoms with van der Waals surface area (Å²) in [7, 11) is 0. The molecule has 0 aliphatic carbocycles. The van der Waals surface area contributed by atoms with Crippen molar-refractivity contribution in [3.8, 4) is 5.75 Å². The lowest BCUT2D eigenvalue weighted by Gasteiger charge is -2.20. The number of aryl methyl sites for hydroxylation is 2. The van der Waals surface area contributed by atoms with Gasteiger partial charge in [-0.05, 0) is 55.7 Å². The molecule has 3 nitrogen and oxygen atoms in total. The monoisotopic (exact) mass is 346 g/mol. The van der Waals surface area contributed by atoms with Crippen molar-refractivity contribution in [3.63, 3.8) is 0 Å². The molecule has 0 saturated carbocycles. The number of nitrogens with zero attached hydrogens (tertiary/aromatic N) is 1. The van der Waals surface area contributed by atoms with E-state index in [1.165, 1.54) is 11.1 Å². The Morgan fingerprint density at radius 2 is 1.92 bits per heavy atom. The van der Waals surface area contributed by atoms with E-state index in [-0.39, 0.29) is 0 Å². The van der Waals surface area contributed by atoms with E-state index in [4.69, 9.17) is 4.74 Å². The van der Waals surface area contributed by atoms with Crippen LogP contribution in [0.1, 0.15) is 42.5 Å². The molecule has 0 radical (unpaired) electrons. The summed E-state index contributed by atoms with van der Waals surface area (Å²) >= 11 is 0. The van der Waals surface area contributed by atoms with Crippen molar-refractivity contribution in [2.45, 2.75) is 33.6 Å². The third kappa shape index (κ3) is 3.88. The van der Waals surface area contributed by atoms with Gasteiger partial charge in [-0.25, -0.2) is 4.99 Å². The standard InChI is InChI=1S/C23H26N2O/c1-5-9-18-10-7-8-11-20(18)22-15-21(24-17(4)25-22)19-12-13-23(26-6-2)16(3)14-19/h7-8,10-15,25H,4-6,9H2,1-3H3. The maximum atomic E-state index is 5.65. The summed E-state index contributed by atoms with van der Waals surface area (Å²) in [6, 6.07) is 14.7. The topological polar surface area (TPSA) is 33.6 Å². The molecule has 0 bridgehead atoms. The number of benzene rings is 2. The normalized spacial score (nSPS) is 13.7. The number of hydrogen-bond acceptors (Lipinski definition) is 3. The Labute approximate surface area is 156 Å². The van der Waals surface area contributed by atoms with E-state index in [1.807, 2.05) is 13.0 Å². The molecule has 26 heavy (non-hydrogen) atoms. The number of allylic oxidation sites excluding steroid dienone is 1. The van der Waals surface area contributed by atoms with E-state index in [0.717, 1.165) is 41.1 Å². The molecule has 134 valence electrons. The Hall–Kier alpha value is -2.81. The predicted molar refractivity (Wildman–Crippen MR) is 110 cm³/mol. The molecule has 3 heteroatoms. The van der Waals surface area contributed by atoms with Gasteiger partial charge in [0.05, 0.1) is 12.3 Å². The molecule has 2 aromatic carbocycles. The van der Waals surface area contributed by atoms with E-state index >= 15 is 0 Å². The van der Waals surface area contributed by atoms with Crippen molar-refractivity contribution < 1.29 is 4.74 Å². The van der Waals surface area contributed by atoms with Crippen molar-refractivity contribution >= 4 is 11.4 Å². The van der Waals surface area contributed by atoms with Gasteiger partial charge in [0.15, 0.2) is 0 Å². The second kappa shape index (κ2) is 8.05. The van der Waals surface area contributed by atoms with E-state index in [0.29, 0.717) is 12.4 Å². The van der Waals surface area contributed by atoms with E-state index < -0.39 is 0 Å². The zero-order valence-corrected chi connectivity index (χ0v) is 15.8. The van der Waals surface area contributed by atoms with Crippen molar-refractivity contribution in [2.24, 2.45) is 4.99 Å². The number of ether oxygens (including phenoxy) is 1. The highest BCUT2D eigenvalue weighted by molar-refractivity contribution is 6.13. The fourth-order valence-corrected chi connectivity index (χ4v) is 3.22. The van der Waals surface area contributed by atoms with Crippen LogP contribution < -0.4 is 10.1 Å². The van der Waals surface area contributed by atoms with Gasteiger partial charge in [0.1, 0.15) is 11.6 Å². The van der Waals surface area contributed by atoms with Crippen LogP contribution in [0.25, 0.3) is 5.70 Å². The average Bonchev–Trinajstić information content (AvgIpc) is 2.64. The fraction of sp³-hybridized carbons (Fsp3) is 0.261. The zero-order valence-electron chi connectivity index (χ0n) is 15.8. The van der Waals surface area contributed by atoms with Crippen LogP contribution in [0, 0.1) is 6.92 Å². The van der Waals surface area contributed by atoms with Gasteiger partial charge in [-0.15, -0.1) is 0 Å². The molecule has 1 aliphatic heterocycles. The van der Waals surface area contributed by atoms with Gasteiger partial charge in [-0.1, -0.05) is 44.2 Å². The molecule has 1 N–H and O–H groups in total.